The Kier molecular flexibility index (Phi) is 5.48. The quantitative estimate of drug-likeness (QED) is 0.386. The summed E-state index contributed by atoms with van der Waals surface area (Å²) in [4.78, 5) is 9.36. The summed E-state index contributed by atoms with van der Waals surface area (Å²) in [7, 11) is -3.70. The van der Waals surface area contributed by atoms with Crippen molar-refractivity contribution in [2.24, 2.45) is 5.92 Å². The van der Waals surface area contributed by atoms with Gasteiger partial charge >= 0.3 is 0 Å². The average molecular weight is 449 g/mol. The van der Waals surface area contributed by atoms with E-state index in [0.717, 1.165) is 40.7 Å². The summed E-state index contributed by atoms with van der Waals surface area (Å²) in [6.45, 7) is 2.12. The Hall–Kier alpha value is -3.10. The average Bonchev–Trinajstić information content (AvgIpc) is 3.25. The van der Waals surface area contributed by atoms with Gasteiger partial charge in [-0.05, 0) is 56.4 Å². The van der Waals surface area contributed by atoms with Crippen LogP contribution in [0.5, 0.6) is 0 Å². The van der Waals surface area contributed by atoms with Crippen molar-refractivity contribution in [3.8, 4) is 11.3 Å². The van der Waals surface area contributed by atoms with Crippen LogP contribution in [0.4, 0.5) is 0 Å². The molecule has 1 aliphatic rings. The van der Waals surface area contributed by atoms with Gasteiger partial charge in [0, 0.05) is 11.8 Å². The molecule has 5 rings (SSSR count). The summed E-state index contributed by atoms with van der Waals surface area (Å²) in [6.07, 6.45) is 8.24. The Bertz CT molecular complexity index is 1340. The topological polar surface area (TPSA) is 87.0 Å². The Labute approximate surface area is 187 Å². The van der Waals surface area contributed by atoms with Crippen molar-refractivity contribution >= 4 is 21.2 Å². The van der Waals surface area contributed by atoms with Gasteiger partial charge in [-0.1, -0.05) is 29.8 Å². The van der Waals surface area contributed by atoms with E-state index < -0.39 is 10.1 Å². The fourth-order valence-electron chi connectivity index (χ4n) is 4.02. The predicted molar refractivity (Wildman–Crippen MR) is 121 cm³/mol. The normalized spacial score (nSPS) is 18.5. The molecule has 0 N–H and O–H groups in total. The second-order valence-corrected chi connectivity index (χ2v) is 9.94. The molecule has 0 radical (unpaired) electrons. The molecule has 2 aromatic heterocycles. The lowest BCUT2D eigenvalue weighted by molar-refractivity contribution is 0.150. The van der Waals surface area contributed by atoms with E-state index in [1.807, 2.05) is 48.3 Å². The van der Waals surface area contributed by atoms with Gasteiger partial charge in [0.2, 0.25) is 0 Å². The molecule has 0 aliphatic heterocycles. The van der Waals surface area contributed by atoms with Gasteiger partial charge in [-0.3, -0.25) is 13.8 Å². The van der Waals surface area contributed by atoms with E-state index in [1.54, 1.807) is 30.5 Å². The summed E-state index contributed by atoms with van der Waals surface area (Å²) >= 11 is 0. The van der Waals surface area contributed by atoms with Crippen LogP contribution in [0.25, 0.3) is 22.3 Å². The first-order chi connectivity index (χ1) is 15.5. The molecule has 1 aliphatic carbocycles. The molecule has 0 atom stereocenters. The molecule has 1 saturated carbocycles. The maximum absolute atomic E-state index is 12.3. The van der Waals surface area contributed by atoms with Crippen LogP contribution in [0.15, 0.2) is 72.0 Å². The number of fused-ring (bicyclic) bond motifs is 1. The Morgan fingerprint density at radius 1 is 1.03 bits per heavy atom. The van der Waals surface area contributed by atoms with Crippen LogP contribution < -0.4 is 0 Å². The van der Waals surface area contributed by atoms with Gasteiger partial charge in [-0.15, -0.1) is 0 Å². The summed E-state index contributed by atoms with van der Waals surface area (Å²) in [5, 5.41) is 4.52. The molecule has 0 bridgehead atoms. The first kappa shape index (κ1) is 20.8. The maximum Gasteiger partial charge on any atom is 0.296 e. The van der Waals surface area contributed by atoms with Crippen LogP contribution in [0.3, 0.4) is 0 Å². The number of aryl methyl sites for hydroxylation is 1. The first-order valence-electron chi connectivity index (χ1n) is 10.7. The van der Waals surface area contributed by atoms with Gasteiger partial charge in [-0.2, -0.15) is 13.5 Å². The lowest BCUT2D eigenvalue weighted by Crippen LogP contribution is -2.28. The minimum Gasteiger partial charge on any atom is -0.269 e. The highest BCUT2D eigenvalue weighted by molar-refractivity contribution is 7.86. The van der Waals surface area contributed by atoms with Crippen molar-refractivity contribution in [3.05, 3.63) is 72.7 Å². The van der Waals surface area contributed by atoms with Crippen LogP contribution in [-0.4, -0.2) is 34.8 Å². The second-order valence-electron chi connectivity index (χ2n) is 8.32. The van der Waals surface area contributed by atoms with Crippen molar-refractivity contribution in [3.63, 3.8) is 0 Å². The first-order valence-corrected chi connectivity index (χ1v) is 12.1. The molecule has 2 aromatic carbocycles. The Balaban J connectivity index is 1.14. The minimum absolute atomic E-state index is 0.199. The molecule has 0 spiro atoms. The van der Waals surface area contributed by atoms with E-state index in [-0.39, 0.29) is 11.5 Å². The lowest BCUT2D eigenvalue weighted by Gasteiger charge is -2.35. The third-order valence-corrected chi connectivity index (χ3v) is 7.33. The van der Waals surface area contributed by atoms with E-state index in [9.17, 15) is 8.42 Å². The van der Waals surface area contributed by atoms with E-state index in [1.165, 1.54) is 0 Å². The van der Waals surface area contributed by atoms with Crippen molar-refractivity contribution in [1.29, 1.82) is 0 Å². The fraction of sp³-hybridized carbons (Fsp3) is 0.292. The monoisotopic (exact) mass is 448 g/mol. The number of aromatic nitrogens is 4. The molecule has 4 aromatic rings. The fourth-order valence-corrected chi connectivity index (χ4v) is 4.94. The van der Waals surface area contributed by atoms with Gasteiger partial charge in [-0.25, -0.2) is 4.98 Å². The molecular weight excluding hydrogens is 424 g/mol. The highest BCUT2D eigenvalue weighted by Gasteiger charge is 2.31. The molecule has 8 heteroatoms. The van der Waals surface area contributed by atoms with Gasteiger partial charge in [0.15, 0.2) is 0 Å². The molecule has 7 nitrogen and oxygen atoms in total. The molecule has 164 valence electrons. The highest BCUT2D eigenvalue weighted by atomic mass is 32.2. The maximum atomic E-state index is 12.3. The molecule has 1 fully saturated rings. The second kappa shape index (κ2) is 8.44. The zero-order chi connectivity index (χ0) is 22.1. The van der Waals surface area contributed by atoms with E-state index in [2.05, 4.69) is 15.1 Å². The van der Waals surface area contributed by atoms with Crippen molar-refractivity contribution in [2.75, 3.05) is 6.61 Å². The Morgan fingerprint density at radius 2 is 1.78 bits per heavy atom. The van der Waals surface area contributed by atoms with Crippen LogP contribution in [0.1, 0.15) is 30.9 Å². The van der Waals surface area contributed by atoms with Crippen LogP contribution in [-0.2, 0) is 14.3 Å². The van der Waals surface area contributed by atoms with Crippen LogP contribution in [0.2, 0.25) is 0 Å². The Morgan fingerprint density at radius 3 is 2.56 bits per heavy atom. The molecule has 2 heterocycles. The molecule has 32 heavy (non-hydrogen) atoms. The smallest absolute Gasteiger partial charge is 0.269 e. The third kappa shape index (κ3) is 4.28. The third-order valence-electron chi connectivity index (χ3n) is 6.01. The number of hydrogen-bond donors (Lipinski definition) is 0. The van der Waals surface area contributed by atoms with E-state index >= 15 is 0 Å². The predicted octanol–water partition coefficient (Wildman–Crippen LogP) is 4.55. The largest absolute Gasteiger partial charge is 0.296 e. The number of para-hydroxylation sites is 2. The molecular formula is C24H24N4O3S. The molecule has 0 unspecified atom stereocenters. The van der Waals surface area contributed by atoms with Crippen molar-refractivity contribution in [1.82, 2.24) is 19.7 Å². The molecule has 0 saturated heterocycles. The summed E-state index contributed by atoms with van der Waals surface area (Å²) in [5.74, 6) is 0.432. The van der Waals surface area contributed by atoms with Gasteiger partial charge in [0.1, 0.15) is 0 Å². The summed E-state index contributed by atoms with van der Waals surface area (Å²) in [6, 6.07) is 14.8. The summed E-state index contributed by atoms with van der Waals surface area (Å²) < 4.78 is 31.8. The van der Waals surface area contributed by atoms with E-state index in [4.69, 9.17) is 4.18 Å². The summed E-state index contributed by atoms with van der Waals surface area (Å²) in [5.41, 5.74) is 4.50. The van der Waals surface area contributed by atoms with Gasteiger partial charge in [0.25, 0.3) is 10.1 Å². The number of hydrogen-bond acceptors (Lipinski definition) is 6. The molecule has 0 amide bonds. The van der Waals surface area contributed by atoms with Gasteiger partial charge in [0.05, 0.1) is 46.7 Å². The lowest BCUT2D eigenvalue weighted by atomic mass is 9.78. The highest BCUT2D eigenvalue weighted by Crippen LogP contribution is 2.40. The SMILES string of the molecule is Cc1ccc(S(=O)(=O)OCCC2CC(n3cc(-c4cnc5ccccc5n4)cn3)C2)cc1. The zero-order valence-corrected chi connectivity index (χ0v) is 18.6. The minimum atomic E-state index is -3.70. The van der Waals surface area contributed by atoms with Crippen molar-refractivity contribution < 1.29 is 12.6 Å². The van der Waals surface area contributed by atoms with Gasteiger partial charge < -0.3 is 0 Å². The number of nitrogens with zero attached hydrogens (tertiary/aromatic N) is 4. The standard InChI is InChI=1S/C24H24N4O3S/c1-17-6-8-21(9-7-17)32(29,30)31-11-10-18-12-20(13-18)28-16-19(14-26-28)24-15-25-22-4-2-3-5-23(22)27-24/h2-9,14-16,18,20H,10-13H2,1H3. The number of benzene rings is 2. The number of rotatable bonds is 7. The van der Waals surface area contributed by atoms with E-state index in [0.29, 0.717) is 18.4 Å². The zero-order valence-electron chi connectivity index (χ0n) is 17.8. The van der Waals surface area contributed by atoms with Crippen LogP contribution in [0, 0.1) is 12.8 Å². The van der Waals surface area contributed by atoms with Crippen LogP contribution >= 0.6 is 0 Å². The van der Waals surface area contributed by atoms with Crippen molar-refractivity contribution in [2.45, 2.75) is 37.1 Å².